The minimum Gasteiger partial charge on any atom is -0.480 e. The molecule has 14 heteroatoms. The zero-order valence-electron chi connectivity index (χ0n) is 23.4. The number of methoxy groups -OCH3 is 1. The summed E-state index contributed by atoms with van der Waals surface area (Å²) in [6, 6.07) is 7.01. The van der Waals surface area contributed by atoms with E-state index in [1.54, 1.807) is 25.1 Å². The molecule has 0 aliphatic carbocycles. The van der Waals surface area contributed by atoms with Crippen molar-refractivity contribution in [2.75, 3.05) is 26.4 Å². The third kappa shape index (κ3) is 6.38. The summed E-state index contributed by atoms with van der Waals surface area (Å²) in [6.45, 7) is 5.39. The van der Waals surface area contributed by atoms with Crippen LogP contribution in [-0.2, 0) is 19.6 Å². The number of anilines is 1. The smallest absolute Gasteiger partial charge is 0.267 e. The van der Waals surface area contributed by atoms with E-state index in [2.05, 4.69) is 26.6 Å². The van der Waals surface area contributed by atoms with Crippen LogP contribution in [0.5, 0.6) is 0 Å². The van der Waals surface area contributed by atoms with Crippen LogP contribution >= 0.6 is 0 Å². The number of carbonyl (C=O) groups excluding carboxylic acids is 1. The molecule has 224 valence electrons. The molecule has 3 aromatic rings. The molecule has 1 unspecified atom stereocenters. The third-order valence-electron chi connectivity index (χ3n) is 6.56. The second-order valence-electron chi connectivity index (χ2n) is 9.32. The van der Waals surface area contributed by atoms with Gasteiger partial charge in [-0.15, -0.1) is 0 Å². The lowest BCUT2D eigenvalue weighted by Gasteiger charge is -2.22. The van der Waals surface area contributed by atoms with E-state index >= 15 is 0 Å². The molecule has 0 fully saturated rings. The Balaban J connectivity index is 1.74. The van der Waals surface area contributed by atoms with Crippen LogP contribution in [0.25, 0.3) is 16.6 Å². The number of halogens is 2. The molecule has 1 atom stereocenters. The van der Waals surface area contributed by atoms with Gasteiger partial charge in [0.25, 0.3) is 21.5 Å². The van der Waals surface area contributed by atoms with E-state index in [0.29, 0.717) is 22.8 Å². The van der Waals surface area contributed by atoms with Gasteiger partial charge >= 0.3 is 0 Å². The minimum atomic E-state index is -4.48. The molecular weight excluding hydrogens is 582 g/mol. The van der Waals surface area contributed by atoms with Crippen molar-refractivity contribution >= 4 is 44.4 Å². The van der Waals surface area contributed by atoms with Crippen molar-refractivity contribution in [1.82, 2.24) is 19.6 Å². The maximum atomic E-state index is 14.3. The summed E-state index contributed by atoms with van der Waals surface area (Å²) < 4.78 is 62.2. The van der Waals surface area contributed by atoms with Gasteiger partial charge in [-0.1, -0.05) is 18.7 Å². The first-order chi connectivity index (χ1) is 20.4. The van der Waals surface area contributed by atoms with Crippen molar-refractivity contribution in [2.24, 2.45) is 4.99 Å². The van der Waals surface area contributed by atoms with E-state index in [-0.39, 0.29) is 41.0 Å². The average Bonchev–Trinajstić information content (AvgIpc) is 2.96. The Morgan fingerprint density at radius 1 is 1.21 bits per heavy atom. The number of fused-ring (bicyclic) bond motifs is 1. The Labute approximate surface area is 245 Å². The maximum Gasteiger partial charge on any atom is 0.267 e. The zero-order chi connectivity index (χ0) is 31.5. The van der Waals surface area contributed by atoms with E-state index in [0.717, 1.165) is 12.1 Å². The molecule has 4 rings (SSSR count). The summed E-state index contributed by atoms with van der Waals surface area (Å²) in [7, 11) is -1.70. The van der Waals surface area contributed by atoms with Crippen molar-refractivity contribution in [3.63, 3.8) is 0 Å². The zero-order valence-corrected chi connectivity index (χ0v) is 24.2. The molecule has 0 radical (unpaired) electrons. The summed E-state index contributed by atoms with van der Waals surface area (Å²) in [5.41, 5.74) is 7.17. The number of hydrogen-bond donors (Lipinski definition) is 3. The molecule has 43 heavy (non-hydrogen) atoms. The molecular formula is C29H28F2N6O5S. The number of dihydropyridines is 1. The highest BCUT2D eigenvalue weighted by Crippen LogP contribution is 2.27. The highest BCUT2D eigenvalue weighted by molar-refractivity contribution is 7.89. The molecule has 2 aromatic carbocycles. The molecule has 0 saturated heterocycles. The molecule has 0 bridgehead atoms. The van der Waals surface area contributed by atoms with Gasteiger partial charge in [0.15, 0.2) is 0 Å². The number of benzene rings is 2. The lowest BCUT2D eigenvalue weighted by molar-refractivity contribution is -0.116. The Hall–Kier alpha value is -5.11. The van der Waals surface area contributed by atoms with Gasteiger partial charge in [0.2, 0.25) is 11.8 Å². The van der Waals surface area contributed by atoms with E-state index in [1.165, 1.54) is 43.0 Å². The van der Waals surface area contributed by atoms with Crippen molar-refractivity contribution in [1.29, 1.82) is 0 Å². The number of hydrogen-bond acceptors (Lipinski definition) is 8. The predicted octanol–water partition coefficient (Wildman–Crippen LogP) is 2.98. The molecule has 0 saturated carbocycles. The van der Waals surface area contributed by atoms with Gasteiger partial charge in [0.05, 0.1) is 24.6 Å². The fourth-order valence-electron chi connectivity index (χ4n) is 4.40. The largest absolute Gasteiger partial charge is 0.480 e. The molecule has 4 N–H and O–H groups in total. The van der Waals surface area contributed by atoms with Crippen LogP contribution in [0.2, 0.25) is 0 Å². The van der Waals surface area contributed by atoms with Gasteiger partial charge in [0.1, 0.15) is 22.2 Å². The van der Waals surface area contributed by atoms with E-state index in [9.17, 15) is 26.8 Å². The summed E-state index contributed by atoms with van der Waals surface area (Å²) in [5.74, 6) is -3.17. The fraction of sp³-hybridized carbons (Fsp3) is 0.172. The van der Waals surface area contributed by atoms with E-state index < -0.39 is 38.0 Å². The van der Waals surface area contributed by atoms with Crippen molar-refractivity contribution < 1.29 is 26.7 Å². The number of carbonyl (C=O) groups is 1. The monoisotopic (exact) mass is 610 g/mol. The van der Waals surface area contributed by atoms with E-state index in [4.69, 9.17) is 10.5 Å². The number of aliphatic imine (C=N–C) groups is 1. The molecule has 1 aliphatic heterocycles. The van der Waals surface area contributed by atoms with Crippen LogP contribution in [0.1, 0.15) is 18.4 Å². The summed E-state index contributed by atoms with van der Waals surface area (Å²) in [5, 5.41) is 2.72. The lowest BCUT2D eigenvalue weighted by Crippen LogP contribution is -2.31. The van der Waals surface area contributed by atoms with Crippen LogP contribution in [0.15, 0.2) is 93.2 Å². The van der Waals surface area contributed by atoms with Crippen molar-refractivity contribution in [3.05, 3.63) is 106 Å². The van der Waals surface area contributed by atoms with Gasteiger partial charge in [-0.05, 0) is 55.0 Å². The number of amides is 1. The quantitative estimate of drug-likeness (QED) is 0.261. The number of likely N-dealkylation sites (N-methyl/N-ethyl adjacent to an activating group) is 1. The summed E-state index contributed by atoms with van der Waals surface area (Å²) in [6.07, 6.45) is 5.93. The number of nitrogens with two attached hydrogens (primary N) is 1. The number of ether oxygens (including phenoxy) is 1. The van der Waals surface area contributed by atoms with Crippen LogP contribution in [-0.4, -0.2) is 50.5 Å². The van der Waals surface area contributed by atoms with Gasteiger partial charge in [-0.3, -0.25) is 18.9 Å². The molecule has 11 nitrogen and oxygen atoms in total. The van der Waals surface area contributed by atoms with Crippen LogP contribution in [0, 0.1) is 11.6 Å². The first-order valence-corrected chi connectivity index (χ1v) is 14.2. The molecule has 1 aliphatic rings. The summed E-state index contributed by atoms with van der Waals surface area (Å²) >= 11 is 0. The van der Waals surface area contributed by atoms with Crippen LogP contribution < -0.4 is 21.3 Å². The lowest BCUT2D eigenvalue weighted by atomic mass is 9.95. The Morgan fingerprint density at radius 2 is 1.95 bits per heavy atom. The van der Waals surface area contributed by atoms with Crippen LogP contribution in [0.3, 0.4) is 0 Å². The SMILES string of the molecule is C=CC(=CC=C(C)n1c(N)nc2ccc(C3C=C(NS(=O)(=O)c4ccc(F)cc4F)C(OC)=NC3)cc2c1=O)C(=O)NC. The van der Waals surface area contributed by atoms with Crippen molar-refractivity contribution in [2.45, 2.75) is 17.7 Å². The Bertz CT molecular complexity index is 1930. The number of rotatable bonds is 8. The maximum absolute atomic E-state index is 14.3. The standard InChI is InChI=1S/C29H28F2N6O5S/c1-5-17(26(38)33-3)7-6-16(2)37-28(39)21-12-18(8-10-23(21)35-29(37)32)19-13-24(27(42-4)34-15-19)36-43(40,41)25-11-9-20(30)14-22(25)31/h5-14,19,36H,1,15H2,2-4H3,(H2,32,35)(H,33,38). The minimum absolute atomic E-state index is 0.0376. The first-order valence-electron chi connectivity index (χ1n) is 12.7. The molecule has 0 spiro atoms. The second kappa shape index (κ2) is 12.4. The van der Waals surface area contributed by atoms with Crippen LogP contribution in [0.4, 0.5) is 14.7 Å². The number of allylic oxidation sites excluding steroid dienone is 3. The third-order valence-corrected chi connectivity index (χ3v) is 7.96. The highest BCUT2D eigenvalue weighted by Gasteiger charge is 2.27. The number of nitrogens with one attached hydrogen (secondary N) is 2. The first kappa shape index (κ1) is 30.8. The van der Waals surface area contributed by atoms with Gasteiger partial charge in [0, 0.05) is 30.3 Å². The molecule has 2 heterocycles. The van der Waals surface area contributed by atoms with E-state index in [1.807, 2.05) is 0 Å². The highest BCUT2D eigenvalue weighted by atomic mass is 32.2. The number of sulfonamides is 1. The molecule has 1 amide bonds. The fourth-order valence-corrected chi connectivity index (χ4v) is 5.51. The number of aromatic nitrogens is 2. The van der Waals surface area contributed by atoms with Gasteiger partial charge in [-0.2, -0.15) is 0 Å². The predicted molar refractivity (Wildman–Crippen MR) is 160 cm³/mol. The number of nitrogen functional groups attached to an aromatic ring is 1. The van der Waals surface area contributed by atoms with Gasteiger partial charge in [-0.25, -0.2) is 27.2 Å². The number of nitrogens with zero attached hydrogens (tertiary/aromatic N) is 3. The molecule has 1 aromatic heterocycles. The average molecular weight is 611 g/mol. The Morgan fingerprint density at radius 3 is 2.60 bits per heavy atom. The topological polar surface area (TPSA) is 158 Å². The normalized spacial score (nSPS) is 15.9. The second-order valence-corrected chi connectivity index (χ2v) is 11.0. The summed E-state index contributed by atoms with van der Waals surface area (Å²) in [4.78, 5) is 33.4. The Kier molecular flexibility index (Phi) is 8.90. The van der Waals surface area contributed by atoms with Gasteiger partial charge < -0.3 is 15.8 Å². The van der Waals surface area contributed by atoms with Crippen molar-refractivity contribution in [3.8, 4) is 0 Å².